The number of fused-ring (bicyclic) bond motifs is 2. The highest BCUT2D eigenvalue weighted by atomic mass is 16.6. The van der Waals surface area contributed by atoms with Crippen LogP contribution >= 0.6 is 0 Å². The summed E-state index contributed by atoms with van der Waals surface area (Å²) in [4.78, 5) is 11.4. The fraction of sp³-hybridized carbons (Fsp3) is 0.100. The van der Waals surface area contributed by atoms with Gasteiger partial charge in [0.15, 0.2) is 0 Å². The van der Waals surface area contributed by atoms with Crippen molar-refractivity contribution in [2.45, 2.75) is 12.2 Å². The van der Waals surface area contributed by atoms with Crippen LogP contribution in [0.5, 0.6) is 0 Å². The van der Waals surface area contributed by atoms with E-state index in [2.05, 4.69) is 0 Å². The summed E-state index contributed by atoms with van der Waals surface area (Å²) >= 11 is 0. The van der Waals surface area contributed by atoms with Crippen LogP contribution in [0.2, 0.25) is 0 Å². The zero-order valence-electron chi connectivity index (χ0n) is 13.0. The first kappa shape index (κ1) is 14.3. The molecule has 0 aromatic heterocycles. The van der Waals surface area contributed by atoms with Gasteiger partial charge in [0.05, 0.1) is 15.9 Å². The van der Waals surface area contributed by atoms with E-state index in [0.29, 0.717) is 10.9 Å². The molecule has 0 amide bonds. The second kappa shape index (κ2) is 4.75. The van der Waals surface area contributed by atoms with Crippen LogP contribution in [-0.2, 0) is 0 Å². The average molecular weight is 331 g/mol. The van der Waals surface area contributed by atoms with Crippen LogP contribution in [-0.4, -0.2) is 21.2 Å². The van der Waals surface area contributed by atoms with E-state index in [0.717, 1.165) is 26.9 Å². The van der Waals surface area contributed by atoms with Crippen molar-refractivity contribution in [3.63, 3.8) is 0 Å². The zero-order chi connectivity index (χ0) is 17.3. The largest absolute Gasteiger partial charge is 0.386 e. The SMILES string of the molecule is O=[N+]([O-])c1c2c(c3ccc4cccc5ccc1c3c45)C=C[C@H](O)[C@H]2O. The first-order valence-corrected chi connectivity index (χ1v) is 8.00. The molecule has 5 heteroatoms. The van der Waals surface area contributed by atoms with Crippen molar-refractivity contribution in [1.29, 1.82) is 0 Å². The standard InChI is InChI=1S/C20H13NO4/c22-15-9-8-13-12-6-4-10-2-1-3-11-5-7-14(17(12)16(10)11)19(21(24)25)18(13)20(15)23/h1-9,15,20,22-23H/t15-,20+/m0/s1. The molecule has 0 saturated carbocycles. The minimum absolute atomic E-state index is 0.128. The van der Waals surface area contributed by atoms with E-state index in [1.165, 1.54) is 6.08 Å². The molecule has 4 aromatic carbocycles. The highest BCUT2D eigenvalue weighted by molar-refractivity contribution is 6.26. The van der Waals surface area contributed by atoms with Crippen LogP contribution < -0.4 is 0 Å². The van der Waals surface area contributed by atoms with E-state index in [1.54, 1.807) is 12.1 Å². The monoisotopic (exact) mass is 331 g/mol. The lowest BCUT2D eigenvalue weighted by Gasteiger charge is -2.24. The summed E-state index contributed by atoms with van der Waals surface area (Å²) in [6.45, 7) is 0. The third kappa shape index (κ3) is 1.74. The molecule has 2 atom stereocenters. The minimum atomic E-state index is -1.32. The number of nitro benzene ring substituents is 1. The number of nitrogens with zero attached hydrogens (tertiary/aromatic N) is 1. The summed E-state index contributed by atoms with van der Waals surface area (Å²) in [6.07, 6.45) is 0.681. The molecule has 0 bridgehead atoms. The van der Waals surface area contributed by atoms with Gasteiger partial charge in [-0.2, -0.15) is 0 Å². The molecule has 122 valence electrons. The van der Waals surface area contributed by atoms with E-state index in [-0.39, 0.29) is 11.3 Å². The molecular formula is C20H13NO4. The molecule has 4 aromatic rings. The molecule has 0 radical (unpaired) electrons. The second-order valence-electron chi connectivity index (χ2n) is 6.41. The first-order chi connectivity index (χ1) is 12.1. The van der Waals surface area contributed by atoms with Crippen molar-refractivity contribution in [2.75, 3.05) is 0 Å². The minimum Gasteiger partial charge on any atom is -0.386 e. The summed E-state index contributed by atoms with van der Waals surface area (Å²) in [7, 11) is 0. The third-order valence-corrected chi connectivity index (χ3v) is 5.13. The number of nitro groups is 1. The van der Waals surface area contributed by atoms with Crippen molar-refractivity contribution in [3.8, 4) is 0 Å². The Morgan fingerprint density at radius 3 is 2.28 bits per heavy atom. The van der Waals surface area contributed by atoms with Crippen LogP contribution in [0.1, 0.15) is 17.2 Å². The van der Waals surface area contributed by atoms with Crippen molar-refractivity contribution in [3.05, 3.63) is 69.8 Å². The first-order valence-electron chi connectivity index (χ1n) is 8.00. The van der Waals surface area contributed by atoms with Gasteiger partial charge in [-0.15, -0.1) is 0 Å². The molecule has 1 aliphatic carbocycles. The quantitative estimate of drug-likeness (QED) is 0.315. The second-order valence-corrected chi connectivity index (χ2v) is 6.41. The summed E-state index contributed by atoms with van der Waals surface area (Å²) < 4.78 is 0. The molecule has 5 rings (SSSR count). The average Bonchev–Trinajstić information content (AvgIpc) is 2.62. The number of hydrogen-bond acceptors (Lipinski definition) is 4. The Kier molecular flexibility index (Phi) is 2.72. The molecule has 0 saturated heterocycles. The fourth-order valence-corrected chi connectivity index (χ4v) is 4.07. The summed E-state index contributed by atoms with van der Waals surface area (Å²) in [5.41, 5.74) is 0.665. The number of aliphatic hydroxyl groups is 2. The lowest BCUT2D eigenvalue weighted by molar-refractivity contribution is -0.384. The van der Waals surface area contributed by atoms with E-state index in [1.807, 2.05) is 36.4 Å². The number of rotatable bonds is 1. The van der Waals surface area contributed by atoms with Crippen molar-refractivity contribution < 1.29 is 15.1 Å². The Hall–Kier alpha value is -3.02. The van der Waals surface area contributed by atoms with Gasteiger partial charge in [-0.25, -0.2) is 0 Å². The zero-order valence-corrected chi connectivity index (χ0v) is 13.0. The van der Waals surface area contributed by atoms with Crippen LogP contribution in [0, 0.1) is 10.1 Å². The molecule has 0 heterocycles. The van der Waals surface area contributed by atoms with E-state index in [9.17, 15) is 20.3 Å². The maximum atomic E-state index is 11.9. The highest BCUT2D eigenvalue weighted by Gasteiger charge is 2.34. The van der Waals surface area contributed by atoms with Gasteiger partial charge < -0.3 is 10.2 Å². The van der Waals surface area contributed by atoms with Gasteiger partial charge in [-0.1, -0.05) is 48.6 Å². The van der Waals surface area contributed by atoms with Gasteiger partial charge in [0.25, 0.3) is 5.69 Å². The number of hydrogen-bond donors (Lipinski definition) is 2. The van der Waals surface area contributed by atoms with Gasteiger partial charge in [-0.05, 0) is 33.2 Å². The van der Waals surface area contributed by atoms with E-state index >= 15 is 0 Å². The maximum Gasteiger partial charge on any atom is 0.283 e. The van der Waals surface area contributed by atoms with Crippen LogP contribution in [0.25, 0.3) is 38.4 Å². The normalized spacial score (nSPS) is 19.8. The fourth-order valence-electron chi connectivity index (χ4n) is 4.07. The molecule has 0 unspecified atom stereocenters. The number of aliphatic hydroxyl groups excluding tert-OH is 2. The molecule has 0 aliphatic heterocycles. The van der Waals surface area contributed by atoms with Crippen molar-refractivity contribution >= 4 is 44.1 Å². The van der Waals surface area contributed by atoms with Crippen molar-refractivity contribution in [2.24, 2.45) is 0 Å². The predicted molar refractivity (Wildman–Crippen MR) is 96.8 cm³/mol. The van der Waals surface area contributed by atoms with Gasteiger partial charge in [0.2, 0.25) is 0 Å². The number of benzene rings is 4. The van der Waals surface area contributed by atoms with Crippen LogP contribution in [0.4, 0.5) is 5.69 Å². The summed E-state index contributed by atoms with van der Waals surface area (Å²) in [5.74, 6) is 0. The van der Waals surface area contributed by atoms with Gasteiger partial charge >= 0.3 is 0 Å². The molecule has 2 N–H and O–H groups in total. The smallest absolute Gasteiger partial charge is 0.283 e. The predicted octanol–water partition coefficient (Wildman–Crippen LogP) is 3.91. The lowest BCUT2D eigenvalue weighted by atomic mass is 9.83. The maximum absolute atomic E-state index is 11.9. The molecule has 0 fully saturated rings. The van der Waals surface area contributed by atoms with E-state index < -0.39 is 17.1 Å². The molecule has 25 heavy (non-hydrogen) atoms. The Labute approximate surface area is 141 Å². The Morgan fingerprint density at radius 2 is 1.60 bits per heavy atom. The Bertz CT molecular complexity index is 1200. The molecule has 0 spiro atoms. The highest BCUT2D eigenvalue weighted by Crippen LogP contribution is 2.47. The Balaban J connectivity index is 2.12. The van der Waals surface area contributed by atoms with E-state index in [4.69, 9.17) is 0 Å². The molecule has 1 aliphatic rings. The van der Waals surface area contributed by atoms with Gasteiger partial charge in [-0.3, -0.25) is 10.1 Å². The van der Waals surface area contributed by atoms with Crippen LogP contribution in [0.3, 0.4) is 0 Å². The molecule has 5 nitrogen and oxygen atoms in total. The summed E-state index contributed by atoms with van der Waals surface area (Å²) in [5, 5.41) is 37.5. The van der Waals surface area contributed by atoms with Gasteiger partial charge in [0.1, 0.15) is 12.2 Å². The lowest BCUT2D eigenvalue weighted by Crippen LogP contribution is -2.21. The topological polar surface area (TPSA) is 83.6 Å². The third-order valence-electron chi connectivity index (χ3n) is 5.13. The van der Waals surface area contributed by atoms with Gasteiger partial charge in [0, 0.05) is 5.39 Å². The van der Waals surface area contributed by atoms with Crippen molar-refractivity contribution in [1.82, 2.24) is 0 Å². The summed E-state index contributed by atoms with van der Waals surface area (Å²) in [6, 6.07) is 13.5. The van der Waals surface area contributed by atoms with Crippen LogP contribution in [0.15, 0.2) is 48.5 Å². The molecular weight excluding hydrogens is 318 g/mol. The Morgan fingerprint density at radius 1 is 0.920 bits per heavy atom.